The van der Waals surface area contributed by atoms with Gasteiger partial charge in [-0.2, -0.15) is 11.8 Å². The van der Waals surface area contributed by atoms with Gasteiger partial charge in [0.15, 0.2) is 11.6 Å². The number of hydrogen-bond donors (Lipinski definition) is 0. The lowest BCUT2D eigenvalue weighted by Gasteiger charge is -2.20. The van der Waals surface area contributed by atoms with E-state index in [0.717, 1.165) is 18.2 Å². The van der Waals surface area contributed by atoms with Crippen LogP contribution in [0.5, 0.6) is 5.75 Å². The fraction of sp³-hybridized carbons (Fsp3) is 0.316. The Morgan fingerprint density at radius 1 is 1.12 bits per heavy atom. The van der Waals surface area contributed by atoms with Crippen molar-refractivity contribution in [3.8, 4) is 5.75 Å². The molecule has 1 aliphatic heterocycles. The lowest BCUT2D eigenvalue weighted by molar-refractivity contribution is 0.0766. The Labute approximate surface area is 154 Å². The molecule has 1 atom stereocenters. The lowest BCUT2D eigenvalue weighted by Crippen LogP contribution is -2.33. The van der Waals surface area contributed by atoms with Crippen molar-refractivity contribution in [2.45, 2.75) is 11.7 Å². The van der Waals surface area contributed by atoms with Gasteiger partial charge in [-0.1, -0.05) is 0 Å². The van der Waals surface area contributed by atoms with Crippen molar-refractivity contribution in [2.24, 2.45) is 0 Å². The number of nitrogens with zero attached hydrogens (tertiary/aromatic N) is 1. The van der Waals surface area contributed by atoms with Gasteiger partial charge in [0.2, 0.25) is 0 Å². The first kappa shape index (κ1) is 18.6. The Balaban J connectivity index is 1.73. The van der Waals surface area contributed by atoms with E-state index in [4.69, 9.17) is 4.74 Å². The van der Waals surface area contributed by atoms with E-state index >= 15 is 0 Å². The average Bonchev–Trinajstić information content (AvgIpc) is 2.89. The maximum absolute atomic E-state index is 14.0. The van der Waals surface area contributed by atoms with Crippen LogP contribution in [0.1, 0.15) is 27.6 Å². The van der Waals surface area contributed by atoms with Crippen LogP contribution in [0.15, 0.2) is 36.4 Å². The van der Waals surface area contributed by atoms with Crippen LogP contribution in [0.2, 0.25) is 0 Å². The number of rotatable bonds is 3. The lowest BCUT2D eigenvalue weighted by atomic mass is 10.1. The second-order valence-corrected chi connectivity index (χ2v) is 7.27. The van der Waals surface area contributed by atoms with Crippen LogP contribution < -0.4 is 4.74 Å². The molecular weight excluding hydrogens is 363 g/mol. The van der Waals surface area contributed by atoms with Crippen LogP contribution in [0.25, 0.3) is 0 Å². The van der Waals surface area contributed by atoms with E-state index in [-0.39, 0.29) is 22.5 Å². The molecule has 0 bridgehead atoms. The molecule has 2 aromatic rings. The van der Waals surface area contributed by atoms with Gasteiger partial charge >= 0.3 is 0 Å². The molecule has 1 amide bonds. The summed E-state index contributed by atoms with van der Waals surface area (Å²) in [5.41, 5.74) is 0.559. The van der Waals surface area contributed by atoms with Crippen LogP contribution in [-0.4, -0.2) is 36.8 Å². The van der Waals surface area contributed by atoms with Gasteiger partial charge in [-0.15, -0.1) is 0 Å². The summed E-state index contributed by atoms with van der Waals surface area (Å²) in [5.74, 6) is -1.14. The van der Waals surface area contributed by atoms with Gasteiger partial charge in [-0.05, 0) is 42.8 Å². The van der Waals surface area contributed by atoms with Gasteiger partial charge in [-0.25, -0.2) is 13.2 Å². The van der Waals surface area contributed by atoms with Crippen LogP contribution in [0.4, 0.5) is 13.2 Å². The maximum atomic E-state index is 14.0. The molecule has 3 nitrogen and oxygen atoms in total. The van der Waals surface area contributed by atoms with Crippen molar-refractivity contribution >= 4 is 17.7 Å². The largest absolute Gasteiger partial charge is 0.494 e. The topological polar surface area (TPSA) is 29.5 Å². The molecule has 0 aliphatic carbocycles. The smallest absolute Gasteiger partial charge is 0.253 e. The Morgan fingerprint density at radius 2 is 1.92 bits per heavy atom. The molecule has 1 aliphatic rings. The molecule has 26 heavy (non-hydrogen) atoms. The van der Waals surface area contributed by atoms with Crippen LogP contribution in [0.3, 0.4) is 0 Å². The van der Waals surface area contributed by atoms with Crippen molar-refractivity contribution in [3.05, 3.63) is 65.0 Å². The molecule has 0 aromatic heterocycles. The molecule has 7 heteroatoms. The highest BCUT2D eigenvalue weighted by Gasteiger charge is 2.25. The quantitative estimate of drug-likeness (QED) is 0.788. The van der Waals surface area contributed by atoms with Crippen LogP contribution in [-0.2, 0) is 0 Å². The van der Waals surface area contributed by atoms with E-state index in [1.54, 1.807) is 4.90 Å². The minimum atomic E-state index is -0.595. The number of amides is 1. The SMILES string of the molecule is COc1ccc(C(=O)N2CCSC(c3cc(F)ccc3F)CC2)cc1F. The summed E-state index contributed by atoms with van der Waals surface area (Å²) in [4.78, 5) is 14.3. The second kappa shape index (κ2) is 8.03. The Kier molecular flexibility index (Phi) is 5.76. The first-order chi connectivity index (χ1) is 12.5. The Morgan fingerprint density at radius 3 is 2.65 bits per heavy atom. The summed E-state index contributed by atoms with van der Waals surface area (Å²) in [6.45, 7) is 0.852. The molecule has 1 unspecified atom stereocenters. The number of methoxy groups -OCH3 is 1. The summed E-state index contributed by atoms with van der Waals surface area (Å²) in [7, 11) is 1.36. The van der Waals surface area contributed by atoms with Crippen molar-refractivity contribution in [1.29, 1.82) is 0 Å². The van der Waals surface area contributed by atoms with Crippen LogP contribution >= 0.6 is 11.8 Å². The zero-order valence-electron chi connectivity index (χ0n) is 14.2. The molecule has 2 aromatic carbocycles. The molecule has 0 N–H and O–H groups in total. The van der Waals surface area contributed by atoms with Gasteiger partial charge in [0.25, 0.3) is 5.91 Å². The van der Waals surface area contributed by atoms with Gasteiger partial charge in [0.05, 0.1) is 7.11 Å². The summed E-state index contributed by atoms with van der Waals surface area (Å²) in [5, 5.41) is -0.226. The first-order valence-corrected chi connectivity index (χ1v) is 9.24. The predicted octanol–water partition coefficient (Wildman–Crippen LogP) is 4.43. The number of carbonyl (C=O) groups is 1. The summed E-state index contributed by atoms with van der Waals surface area (Å²) in [6.07, 6.45) is 0.495. The molecule has 0 saturated carbocycles. The molecule has 138 valence electrons. The Hall–Kier alpha value is -2.15. The van der Waals surface area contributed by atoms with Crippen LogP contribution in [0, 0.1) is 17.5 Å². The molecule has 1 saturated heterocycles. The minimum Gasteiger partial charge on any atom is -0.494 e. The number of thioether (sulfide) groups is 1. The maximum Gasteiger partial charge on any atom is 0.253 e. The minimum absolute atomic E-state index is 0.0783. The van der Waals surface area contributed by atoms with E-state index in [2.05, 4.69) is 0 Å². The zero-order valence-corrected chi connectivity index (χ0v) is 15.0. The second-order valence-electron chi connectivity index (χ2n) is 5.96. The number of hydrogen-bond acceptors (Lipinski definition) is 3. The highest BCUT2D eigenvalue weighted by atomic mass is 32.2. The van der Waals surface area contributed by atoms with E-state index in [0.29, 0.717) is 30.8 Å². The third-order valence-corrected chi connectivity index (χ3v) is 5.64. The highest BCUT2D eigenvalue weighted by molar-refractivity contribution is 7.99. The molecular formula is C19H18F3NO2S. The van der Waals surface area contributed by atoms with Gasteiger partial charge in [0.1, 0.15) is 11.6 Å². The molecule has 3 rings (SSSR count). The number of ether oxygens (including phenoxy) is 1. The van der Waals surface area contributed by atoms with Crippen molar-refractivity contribution in [2.75, 3.05) is 26.0 Å². The molecule has 0 radical (unpaired) electrons. The fourth-order valence-corrected chi connectivity index (χ4v) is 4.21. The molecule has 0 spiro atoms. The number of halogens is 3. The standard InChI is InChI=1S/C19H18F3NO2S/c1-25-17-5-2-12(10-16(17)22)19(24)23-7-6-18(26-9-8-23)14-11-13(20)3-4-15(14)21/h2-5,10-11,18H,6-9H2,1H3. The summed E-state index contributed by atoms with van der Waals surface area (Å²) >= 11 is 1.49. The monoisotopic (exact) mass is 381 g/mol. The number of benzene rings is 2. The van der Waals surface area contributed by atoms with Crippen molar-refractivity contribution in [3.63, 3.8) is 0 Å². The first-order valence-electron chi connectivity index (χ1n) is 8.19. The highest BCUT2D eigenvalue weighted by Crippen LogP contribution is 2.36. The van der Waals surface area contributed by atoms with Crippen molar-refractivity contribution < 1.29 is 22.7 Å². The van der Waals surface area contributed by atoms with Gasteiger partial charge < -0.3 is 9.64 Å². The van der Waals surface area contributed by atoms with Gasteiger partial charge in [-0.3, -0.25) is 4.79 Å². The zero-order chi connectivity index (χ0) is 18.7. The summed E-state index contributed by atoms with van der Waals surface area (Å²) < 4.78 is 46.2. The average molecular weight is 381 g/mol. The third-order valence-electron chi connectivity index (χ3n) is 4.33. The fourth-order valence-electron chi connectivity index (χ4n) is 2.97. The molecule has 1 fully saturated rings. The van der Waals surface area contributed by atoms with Gasteiger partial charge in [0, 0.05) is 35.2 Å². The summed E-state index contributed by atoms with van der Waals surface area (Å²) in [6, 6.07) is 7.52. The van der Waals surface area contributed by atoms with Crippen molar-refractivity contribution in [1.82, 2.24) is 4.90 Å². The normalized spacial score (nSPS) is 17.7. The molecule has 1 heterocycles. The Bertz CT molecular complexity index is 815. The van der Waals surface area contributed by atoms with E-state index in [1.807, 2.05) is 0 Å². The van der Waals surface area contributed by atoms with E-state index in [9.17, 15) is 18.0 Å². The predicted molar refractivity (Wildman–Crippen MR) is 95.0 cm³/mol. The third kappa shape index (κ3) is 3.98. The van der Waals surface area contributed by atoms with E-state index < -0.39 is 17.5 Å². The number of carbonyl (C=O) groups excluding carboxylic acids is 1. The van der Waals surface area contributed by atoms with E-state index in [1.165, 1.54) is 37.1 Å².